The van der Waals surface area contributed by atoms with Gasteiger partial charge in [0.25, 0.3) is 0 Å². The number of methoxy groups -OCH3 is 2. The molecule has 5 heteroatoms. The first kappa shape index (κ1) is 15.5. The van der Waals surface area contributed by atoms with Gasteiger partial charge in [0, 0.05) is 31.4 Å². The van der Waals surface area contributed by atoms with Crippen LogP contribution in [0.15, 0.2) is 30.5 Å². The SMILES string of the molecule is COc1cc2c(cc1OC)CN(C(=O)CCc1ccc[nH]1)CC2. The fourth-order valence-corrected chi connectivity index (χ4v) is 3.02. The number of benzene rings is 1. The number of H-pyrrole nitrogens is 1. The summed E-state index contributed by atoms with van der Waals surface area (Å²) in [5, 5.41) is 0. The molecule has 2 aromatic rings. The fourth-order valence-electron chi connectivity index (χ4n) is 3.02. The van der Waals surface area contributed by atoms with Crippen LogP contribution in [0.5, 0.6) is 11.5 Å². The van der Waals surface area contributed by atoms with Crippen LogP contribution in [0, 0.1) is 0 Å². The van der Waals surface area contributed by atoms with Gasteiger partial charge in [0.2, 0.25) is 5.91 Å². The lowest BCUT2D eigenvalue weighted by Crippen LogP contribution is -2.36. The molecule has 0 saturated carbocycles. The van der Waals surface area contributed by atoms with Gasteiger partial charge < -0.3 is 19.4 Å². The third kappa shape index (κ3) is 3.33. The minimum absolute atomic E-state index is 0.194. The number of carbonyl (C=O) groups excluding carboxylic acids is 1. The maximum Gasteiger partial charge on any atom is 0.223 e. The number of aromatic amines is 1. The van der Waals surface area contributed by atoms with Crippen molar-refractivity contribution in [2.75, 3.05) is 20.8 Å². The average Bonchev–Trinajstić information content (AvgIpc) is 3.11. The van der Waals surface area contributed by atoms with E-state index in [0.29, 0.717) is 18.7 Å². The molecule has 3 rings (SSSR count). The number of nitrogens with zero attached hydrogens (tertiary/aromatic N) is 1. The van der Waals surface area contributed by atoms with E-state index in [1.165, 1.54) is 5.56 Å². The Bertz CT molecular complexity index is 680. The van der Waals surface area contributed by atoms with Crippen molar-refractivity contribution < 1.29 is 14.3 Å². The molecular formula is C18H22N2O3. The summed E-state index contributed by atoms with van der Waals surface area (Å²) in [5.41, 5.74) is 3.47. The summed E-state index contributed by atoms with van der Waals surface area (Å²) >= 11 is 0. The molecule has 2 heterocycles. The molecule has 1 aromatic heterocycles. The molecule has 1 aliphatic rings. The lowest BCUT2D eigenvalue weighted by Gasteiger charge is -2.29. The van der Waals surface area contributed by atoms with E-state index < -0.39 is 0 Å². The molecule has 122 valence electrons. The lowest BCUT2D eigenvalue weighted by atomic mass is 9.98. The number of hydrogen-bond donors (Lipinski definition) is 1. The number of ether oxygens (including phenoxy) is 2. The van der Waals surface area contributed by atoms with E-state index in [4.69, 9.17) is 9.47 Å². The summed E-state index contributed by atoms with van der Waals surface area (Å²) in [4.78, 5) is 17.5. The number of aromatic nitrogens is 1. The topological polar surface area (TPSA) is 54.6 Å². The minimum atomic E-state index is 0.194. The Kier molecular flexibility index (Phi) is 4.55. The zero-order valence-electron chi connectivity index (χ0n) is 13.6. The van der Waals surface area contributed by atoms with Gasteiger partial charge in [-0.1, -0.05) is 0 Å². The largest absolute Gasteiger partial charge is 0.493 e. The van der Waals surface area contributed by atoms with E-state index in [9.17, 15) is 4.79 Å². The van der Waals surface area contributed by atoms with Gasteiger partial charge >= 0.3 is 0 Å². The Balaban J connectivity index is 1.68. The second-order valence-corrected chi connectivity index (χ2v) is 5.74. The highest BCUT2D eigenvalue weighted by atomic mass is 16.5. The van der Waals surface area contributed by atoms with Gasteiger partial charge in [-0.2, -0.15) is 0 Å². The third-order valence-electron chi connectivity index (χ3n) is 4.34. The molecule has 1 aromatic carbocycles. The quantitative estimate of drug-likeness (QED) is 0.923. The van der Waals surface area contributed by atoms with Crippen LogP contribution in [-0.4, -0.2) is 36.6 Å². The molecular weight excluding hydrogens is 292 g/mol. The molecule has 1 aliphatic heterocycles. The van der Waals surface area contributed by atoms with Crippen molar-refractivity contribution in [1.82, 2.24) is 9.88 Å². The summed E-state index contributed by atoms with van der Waals surface area (Å²) in [6, 6.07) is 7.97. The van der Waals surface area contributed by atoms with Gasteiger partial charge in [0.05, 0.1) is 14.2 Å². The fraction of sp³-hybridized carbons (Fsp3) is 0.389. The molecule has 0 spiro atoms. The van der Waals surface area contributed by atoms with E-state index in [1.807, 2.05) is 35.4 Å². The van der Waals surface area contributed by atoms with E-state index in [2.05, 4.69) is 4.98 Å². The van der Waals surface area contributed by atoms with Gasteiger partial charge in [-0.3, -0.25) is 4.79 Å². The molecule has 5 nitrogen and oxygen atoms in total. The molecule has 0 unspecified atom stereocenters. The van der Waals surface area contributed by atoms with Gasteiger partial charge in [0.1, 0.15) is 0 Å². The van der Waals surface area contributed by atoms with E-state index in [-0.39, 0.29) is 5.91 Å². The second-order valence-electron chi connectivity index (χ2n) is 5.74. The zero-order chi connectivity index (χ0) is 16.2. The highest BCUT2D eigenvalue weighted by Gasteiger charge is 2.22. The van der Waals surface area contributed by atoms with E-state index in [1.54, 1.807) is 14.2 Å². The van der Waals surface area contributed by atoms with Crippen LogP contribution in [-0.2, 0) is 24.2 Å². The molecule has 0 aliphatic carbocycles. The minimum Gasteiger partial charge on any atom is -0.493 e. The van der Waals surface area contributed by atoms with Crippen molar-refractivity contribution in [3.8, 4) is 11.5 Å². The molecule has 23 heavy (non-hydrogen) atoms. The van der Waals surface area contributed by atoms with Crippen molar-refractivity contribution >= 4 is 5.91 Å². The number of aryl methyl sites for hydroxylation is 1. The van der Waals surface area contributed by atoms with Crippen LogP contribution in [0.2, 0.25) is 0 Å². The first-order valence-electron chi connectivity index (χ1n) is 7.85. The molecule has 1 N–H and O–H groups in total. The smallest absolute Gasteiger partial charge is 0.223 e. The molecule has 0 bridgehead atoms. The predicted octanol–water partition coefficient (Wildman–Crippen LogP) is 2.55. The summed E-state index contributed by atoms with van der Waals surface area (Å²) in [5.74, 6) is 1.66. The lowest BCUT2D eigenvalue weighted by molar-refractivity contribution is -0.132. The molecule has 0 saturated heterocycles. The molecule has 0 fully saturated rings. The molecule has 0 atom stereocenters. The van der Waals surface area contributed by atoms with Crippen LogP contribution in [0.25, 0.3) is 0 Å². The van der Waals surface area contributed by atoms with Crippen molar-refractivity contribution in [3.05, 3.63) is 47.3 Å². The van der Waals surface area contributed by atoms with Gasteiger partial charge in [0.15, 0.2) is 11.5 Å². The standard InChI is InChI=1S/C18H22N2O3/c1-22-16-10-13-7-9-20(12-14(13)11-17(16)23-2)18(21)6-5-15-4-3-8-19-15/h3-4,8,10-11,19H,5-7,9,12H2,1-2H3. The van der Waals surface area contributed by atoms with Crippen LogP contribution in [0.4, 0.5) is 0 Å². The third-order valence-corrected chi connectivity index (χ3v) is 4.34. The first-order valence-corrected chi connectivity index (χ1v) is 7.85. The number of carbonyl (C=O) groups is 1. The normalized spacial score (nSPS) is 13.6. The Morgan fingerprint density at radius 2 is 1.96 bits per heavy atom. The Hall–Kier alpha value is -2.43. The van der Waals surface area contributed by atoms with Crippen LogP contribution in [0.1, 0.15) is 23.2 Å². The number of fused-ring (bicyclic) bond motifs is 1. The monoisotopic (exact) mass is 314 g/mol. The molecule has 0 radical (unpaired) electrons. The Morgan fingerprint density at radius 3 is 2.61 bits per heavy atom. The van der Waals surface area contributed by atoms with E-state index in [0.717, 1.165) is 36.4 Å². The highest BCUT2D eigenvalue weighted by Crippen LogP contribution is 2.33. The van der Waals surface area contributed by atoms with Gasteiger partial charge in [-0.15, -0.1) is 0 Å². The number of nitrogens with one attached hydrogen (secondary N) is 1. The Labute approximate surface area is 136 Å². The van der Waals surface area contributed by atoms with Crippen molar-refractivity contribution in [2.45, 2.75) is 25.8 Å². The maximum atomic E-state index is 12.4. The first-order chi connectivity index (χ1) is 11.2. The summed E-state index contributed by atoms with van der Waals surface area (Å²) in [6.07, 6.45) is 4.02. The van der Waals surface area contributed by atoms with Crippen LogP contribution in [0.3, 0.4) is 0 Å². The summed E-state index contributed by atoms with van der Waals surface area (Å²) < 4.78 is 10.7. The van der Waals surface area contributed by atoms with Crippen LogP contribution >= 0.6 is 0 Å². The van der Waals surface area contributed by atoms with Crippen molar-refractivity contribution in [1.29, 1.82) is 0 Å². The molecule has 1 amide bonds. The zero-order valence-corrected chi connectivity index (χ0v) is 13.6. The predicted molar refractivity (Wildman–Crippen MR) is 87.8 cm³/mol. The highest BCUT2D eigenvalue weighted by molar-refractivity contribution is 5.76. The number of amides is 1. The van der Waals surface area contributed by atoms with Crippen molar-refractivity contribution in [3.63, 3.8) is 0 Å². The van der Waals surface area contributed by atoms with Crippen molar-refractivity contribution in [2.24, 2.45) is 0 Å². The van der Waals surface area contributed by atoms with Crippen LogP contribution < -0.4 is 9.47 Å². The van der Waals surface area contributed by atoms with Gasteiger partial charge in [-0.25, -0.2) is 0 Å². The summed E-state index contributed by atoms with van der Waals surface area (Å²) in [6.45, 7) is 1.39. The second kappa shape index (κ2) is 6.77. The van der Waals surface area contributed by atoms with Gasteiger partial charge in [-0.05, 0) is 48.2 Å². The number of hydrogen-bond acceptors (Lipinski definition) is 3. The maximum absolute atomic E-state index is 12.4. The summed E-state index contributed by atoms with van der Waals surface area (Å²) in [7, 11) is 3.27. The van der Waals surface area contributed by atoms with E-state index >= 15 is 0 Å². The number of rotatable bonds is 5. The average molecular weight is 314 g/mol. The Morgan fingerprint density at radius 1 is 1.22 bits per heavy atom.